The van der Waals surface area contributed by atoms with Crippen LogP contribution < -0.4 is 74.8 Å². The molecule has 0 unspecified atom stereocenters. The summed E-state index contributed by atoms with van der Waals surface area (Å²) < 4.78 is 0. The summed E-state index contributed by atoms with van der Waals surface area (Å²) >= 11 is 0. The van der Waals surface area contributed by atoms with E-state index >= 15 is 0 Å². The zero-order chi connectivity index (χ0) is 10.0. The summed E-state index contributed by atoms with van der Waals surface area (Å²) in [5.41, 5.74) is 12.4. The van der Waals surface area contributed by atoms with Gasteiger partial charge < -0.3 is 21.4 Å². The second kappa shape index (κ2) is 5.97. The quantitative estimate of drug-likeness (QED) is 0.540. The van der Waals surface area contributed by atoms with Crippen LogP contribution in [-0.2, 0) is 6.54 Å². The molecule has 1 aromatic carbocycles. The van der Waals surface area contributed by atoms with Crippen molar-refractivity contribution in [1.82, 2.24) is 0 Å². The van der Waals surface area contributed by atoms with Crippen LogP contribution in [0.4, 0.5) is 5.69 Å². The largest absolute Gasteiger partial charge is 1.00 e. The van der Waals surface area contributed by atoms with Gasteiger partial charge in [0, 0.05) is 17.8 Å². The van der Waals surface area contributed by atoms with E-state index in [4.69, 9.17) is 11.5 Å². The van der Waals surface area contributed by atoms with Crippen molar-refractivity contribution < 1.29 is 68.1 Å². The molecule has 0 bridgehead atoms. The van der Waals surface area contributed by atoms with E-state index in [2.05, 4.69) is 0 Å². The van der Waals surface area contributed by atoms with Crippen LogP contribution in [0.25, 0.3) is 0 Å². The number of aryl methyl sites for hydroxylation is 1. The van der Waals surface area contributed by atoms with E-state index in [9.17, 15) is 9.90 Å². The Kier molecular flexibility index (Phi) is 6.08. The van der Waals surface area contributed by atoms with Crippen LogP contribution in [-0.4, -0.2) is 5.97 Å². The number of hydrogen-bond acceptors (Lipinski definition) is 4. The monoisotopic (exact) mass is 264 g/mol. The molecule has 0 aliphatic rings. The number of carboxylic acids is 1. The summed E-state index contributed by atoms with van der Waals surface area (Å²) in [7, 11) is 0. The van der Waals surface area contributed by atoms with Crippen molar-refractivity contribution in [2.45, 2.75) is 13.5 Å². The number of nitrogen functional groups attached to an aromatic ring is 1. The van der Waals surface area contributed by atoms with Crippen LogP contribution in [0.1, 0.15) is 21.5 Å². The number of hydrogen-bond donors (Lipinski definition) is 2. The number of rotatable bonds is 2. The van der Waals surface area contributed by atoms with E-state index in [1.54, 1.807) is 19.1 Å². The Morgan fingerprint density at radius 3 is 2.50 bits per heavy atom. The van der Waals surface area contributed by atoms with Gasteiger partial charge in [0.1, 0.15) is 0 Å². The van der Waals surface area contributed by atoms with Gasteiger partial charge in [0.2, 0.25) is 0 Å². The first-order chi connectivity index (χ1) is 6.07. The van der Waals surface area contributed by atoms with Crippen LogP contribution >= 0.6 is 0 Å². The Bertz CT molecular complexity index is 353. The molecule has 14 heavy (non-hydrogen) atoms. The molecule has 4 N–H and O–H groups in total. The molecule has 0 fully saturated rings. The number of carboxylic acid groups (broad SMARTS) is 1. The molecular formula is C9H11N2O2Rb. The third kappa shape index (κ3) is 2.87. The number of carbonyl (C=O) groups excluding carboxylic acids is 1. The Morgan fingerprint density at radius 2 is 2.07 bits per heavy atom. The maximum absolute atomic E-state index is 10.7. The van der Waals surface area contributed by atoms with E-state index in [0.29, 0.717) is 11.1 Å². The van der Waals surface area contributed by atoms with Gasteiger partial charge in [-0.05, 0) is 18.1 Å². The SMILES string of the molecule is Cc1ccc(CN)c(N)c1C(=O)[O-].[Rb+]. The average Bonchev–Trinajstić information content (AvgIpc) is 2.04. The summed E-state index contributed by atoms with van der Waals surface area (Å²) in [6.07, 6.45) is 0. The standard InChI is InChI=1S/C9H12N2O2.Rb/c1-5-2-3-6(4-10)8(11)7(5)9(12)13;/h2-3H,4,10-11H2,1H3,(H,12,13);/q;+1/p-1. The predicted octanol–water partition coefficient (Wildman–Crippen LogP) is -3.60. The van der Waals surface area contributed by atoms with Crippen molar-refractivity contribution in [3.63, 3.8) is 0 Å². The molecule has 5 heteroatoms. The van der Waals surface area contributed by atoms with Crippen molar-refractivity contribution in [1.29, 1.82) is 0 Å². The van der Waals surface area contributed by atoms with E-state index in [1.807, 2.05) is 0 Å². The van der Waals surface area contributed by atoms with Crippen LogP contribution in [0.15, 0.2) is 12.1 Å². The molecule has 0 amide bonds. The van der Waals surface area contributed by atoms with Crippen molar-refractivity contribution in [3.05, 3.63) is 28.8 Å². The molecule has 70 valence electrons. The van der Waals surface area contributed by atoms with Crippen molar-refractivity contribution >= 4 is 11.7 Å². The molecule has 1 aromatic rings. The van der Waals surface area contributed by atoms with Crippen LogP contribution in [0, 0.1) is 6.92 Å². The van der Waals surface area contributed by atoms with Gasteiger partial charge in [-0.25, -0.2) is 0 Å². The van der Waals surface area contributed by atoms with Gasteiger partial charge in [0.05, 0.1) is 5.97 Å². The van der Waals surface area contributed by atoms with Gasteiger partial charge in [-0.15, -0.1) is 0 Å². The molecule has 0 spiro atoms. The number of carbonyl (C=O) groups is 1. The number of nitrogens with two attached hydrogens (primary N) is 2. The zero-order valence-corrected chi connectivity index (χ0v) is 13.2. The van der Waals surface area contributed by atoms with Crippen molar-refractivity contribution in [3.8, 4) is 0 Å². The molecule has 0 heterocycles. The smallest absolute Gasteiger partial charge is 0.545 e. The Balaban J connectivity index is 0.00000169. The van der Waals surface area contributed by atoms with Crippen LogP contribution in [0.5, 0.6) is 0 Å². The maximum Gasteiger partial charge on any atom is 1.00 e. The molecule has 0 saturated carbocycles. The topological polar surface area (TPSA) is 92.2 Å². The second-order valence-electron chi connectivity index (χ2n) is 2.82. The zero-order valence-electron chi connectivity index (χ0n) is 8.33. The summed E-state index contributed by atoms with van der Waals surface area (Å²) in [6.45, 7) is 1.90. The van der Waals surface area contributed by atoms with E-state index in [1.165, 1.54) is 0 Å². The summed E-state index contributed by atoms with van der Waals surface area (Å²) in [5.74, 6) is -1.26. The molecular weight excluding hydrogens is 254 g/mol. The molecule has 0 saturated heterocycles. The van der Waals surface area contributed by atoms with E-state index < -0.39 is 5.97 Å². The first kappa shape index (κ1) is 14.3. The number of aromatic carboxylic acids is 1. The molecule has 0 aliphatic heterocycles. The minimum absolute atomic E-state index is 0. The number of anilines is 1. The Labute approximate surface area is 131 Å². The molecule has 0 radical (unpaired) electrons. The van der Waals surface area contributed by atoms with Gasteiger partial charge in [0.15, 0.2) is 0 Å². The third-order valence-electron chi connectivity index (χ3n) is 1.97. The van der Waals surface area contributed by atoms with Gasteiger partial charge in [0.25, 0.3) is 0 Å². The van der Waals surface area contributed by atoms with E-state index in [-0.39, 0.29) is 76.0 Å². The third-order valence-corrected chi connectivity index (χ3v) is 1.97. The minimum atomic E-state index is -1.26. The van der Waals surface area contributed by atoms with Gasteiger partial charge >= 0.3 is 58.2 Å². The molecule has 0 atom stereocenters. The van der Waals surface area contributed by atoms with Crippen molar-refractivity contribution in [2.75, 3.05) is 5.73 Å². The molecule has 0 aromatic heterocycles. The fourth-order valence-electron chi connectivity index (χ4n) is 1.22. The Morgan fingerprint density at radius 1 is 1.50 bits per heavy atom. The summed E-state index contributed by atoms with van der Waals surface area (Å²) in [4.78, 5) is 10.7. The minimum Gasteiger partial charge on any atom is -0.545 e. The fourth-order valence-corrected chi connectivity index (χ4v) is 1.22. The van der Waals surface area contributed by atoms with Crippen LogP contribution in [0.3, 0.4) is 0 Å². The first-order valence-electron chi connectivity index (χ1n) is 3.87. The Hall–Kier alpha value is 0.255. The summed E-state index contributed by atoms with van der Waals surface area (Å²) in [5, 5.41) is 10.7. The fraction of sp³-hybridized carbons (Fsp3) is 0.222. The van der Waals surface area contributed by atoms with Gasteiger partial charge in [-0.2, -0.15) is 0 Å². The maximum atomic E-state index is 10.7. The average molecular weight is 265 g/mol. The molecule has 1 rings (SSSR count). The normalized spacial score (nSPS) is 9.29. The number of benzene rings is 1. The van der Waals surface area contributed by atoms with E-state index in [0.717, 1.165) is 0 Å². The van der Waals surface area contributed by atoms with Crippen molar-refractivity contribution in [2.24, 2.45) is 5.73 Å². The predicted molar refractivity (Wildman–Crippen MR) is 47.8 cm³/mol. The van der Waals surface area contributed by atoms with Gasteiger partial charge in [-0.3, -0.25) is 0 Å². The summed E-state index contributed by atoms with van der Waals surface area (Å²) in [6, 6.07) is 3.39. The first-order valence-corrected chi connectivity index (χ1v) is 3.87. The van der Waals surface area contributed by atoms with Gasteiger partial charge in [-0.1, -0.05) is 12.1 Å². The van der Waals surface area contributed by atoms with Crippen LogP contribution in [0.2, 0.25) is 0 Å². The second-order valence-corrected chi connectivity index (χ2v) is 2.82. The molecule has 0 aliphatic carbocycles. The molecule has 4 nitrogen and oxygen atoms in total.